The molecule has 2 unspecified atom stereocenters. The van der Waals surface area contributed by atoms with Crippen molar-refractivity contribution in [3.63, 3.8) is 0 Å². The normalized spacial score (nSPS) is 15.5. The van der Waals surface area contributed by atoms with Crippen LogP contribution in [-0.2, 0) is 0 Å². The van der Waals surface area contributed by atoms with Crippen LogP contribution in [-0.4, -0.2) is 6.10 Å². The largest absolute Gasteiger partial charge is 0.485 e. The van der Waals surface area contributed by atoms with Gasteiger partial charge in [0.15, 0.2) is 0 Å². The van der Waals surface area contributed by atoms with Crippen molar-refractivity contribution in [2.45, 2.75) is 12.0 Å². The minimum atomic E-state index is 0.0402. The Hall–Kier alpha value is -7.36. The van der Waals surface area contributed by atoms with E-state index < -0.39 is 0 Å². The van der Waals surface area contributed by atoms with Crippen LogP contribution in [0, 0.1) is 0 Å². The predicted molar refractivity (Wildman–Crippen MR) is 235 cm³/mol. The van der Waals surface area contributed by atoms with Crippen molar-refractivity contribution in [3.05, 3.63) is 223 Å². The molecule has 2 aliphatic rings. The molecule has 0 amide bonds. The second-order valence-electron chi connectivity index (χ2n) is 14.8. The van der Waals surface area contributed by atoms with Crippen LogP contribution in [0.1, 0.15) is 17.0 Å². The van der Waals surface area contributed by atoms with E-state index in [4.69, 9.17) is 9.15 Å². The molecule has 0 saturated carbocycles. The standard InChI is InChI=1S/C54H37NO2/c1-3-12-36(13-4-1)41-32-42(37-14-5-2-6-15-37)34-45(33-41)55(43-27-22-38(23-28-43)40-26-31-53-50(35-40)48-17-8-9-20-51(48)56-53)44-29-24-39(25-30-44)46-18-11-19-49-47-16-7-10-21-52(47)57-54(46)49/h1-35,50,53H. The van der Waals surface area contributed by atoms with Crippen LogP contribution in [0.3, 0.4) is 0 Å². The Bertz CT molecular complexity index is 2920. The van der Waals surface area contributed by atoms with Gasteiger partial charge in [0.2, 0.25) is 0 Å². The molecule has 57 heavy (non-hydrogen) atoms. The smallest absolute Gasteiger partial charge is 0.143 e. The molecule has 270 valence electrons. The average molecular weight is 732 g/mol. The van der Waals surface area contributed by atoms with E-state index in [1.807, 2.05) is 18.2 Å². The second-order valence-corrected chi connectivity index (χ2v) is 14.8. The van der Waals surface area contributed by atoms with Crippen molar-refractivity contribution >= 4 is 44.6 Å². The third-order valence-electron chi connectivity index (χ3n) is 11.4. The van der Waals surface area contributed by atoms with Gasteiger partial charge >= 0.3 is 0 Å². The minimum absolute atomic E-state index is 0.0402. The third kappa shape index (κ3) is 5.92. The van der Waals surface area contributed by atoms with E-state index in [1.54, 1.807) is 0 Å². The van der Waals surface area contributed by atoms with E-state index in [0.29, 0.717) is 0 Å². The number of fused-ring (bicyclic) bond motifs is 6. The molecule has 1 aliphatic heterocycles. The third-order valence-corrected chi connectivity index (χ3v) is 11.4. The number of nitrogens with zero attached hydrogens (tertiary/aromatic N) is 1. The summed E-state index contributed by atoms with van der Waals surface area (Å²) in [4.78, 5) is 2.37. The van der Waals surface area contributed by atoms with Gasteiger partial charge in [-0.25, -0.2) is 0 Å². The number of furan rings is 1. The second kappa shape index (κ2) is 13.7. The first-order valence-corrected chi connectivity index (χ1v) is 19.6. The Kier molecular flexibility index (Phi) is 7.96. The maximum absolute atomic E-state index is 6.44. The molecule has 11 rings (SSSR count). The fraction of sp³-hybridized carbons (Fsp3) is 0.0370. The first kappa shape index (κ1) is 33.0. The predicted octanol–water partition coefficient (Wildman–Crippen LogP) is 14.6. The number of allylic oxidation sites excluding steroid dienone is 2. The van der Waals surface area contributed by atoms with Crippen LogP contribution in [0.5, 0.6) is 5.75 Å². The molecule has 0 bridgehead atoms. The van der Waals surface area contributed by atoms with Crippen molar-refractivity contribution in [1.82, 2.24) is 0 Å². The van der Waals surface area contributed by atoms with Crippen LogP contribution in [0.25, 0.3) is 60.9 Å². The Morgan fingerprint density at radius 3 is 1.77 bits per heavy atom. The zero-order valence-electron chi connectivity index (χ0n) is 31.1. The molecule has 0 saturated heterocycles. The molecule has 0 spiro atoms. The molecular formula is C54H37NO2. The van der Waals surface area contributed by atoms with Gasteiger partial charge in [0.05, 0.1) is 0 Å². The van der Waals surface area contributed by atoms with Crippen LogP contribution >= 0.6 is 0 Å². The highest BCUT2D eigenvalue weighted by atomic mass is 16.5. The maximum Gasteiger partial charge on any atom is 0.143 e. The monoisotopic (exact) mass is 731 g/mol. The first-order chi connectivity index (χ1) is 28.2. The molecule has 1 aliphatic carbocycles. The summed E-state index contributed by atoms with van der Waals surface area (Å²) in [5, 5.41) is 2.26. The van der Waals surface area contributed by atoms with Gasteiger partial charge in [-0.15, -0.1) is 0 Å². The number of para-hydroxylation sites is 3. The zero-order chi connectivity index (χ0) is 37.7. The Balaban J connectivity index is 1.03. The summed E-state index contributed by atoms with van der Waals surface area (Å²) in [7, 11) is 0. The van der Waals surface area contributed by atoms with Crippen LogP contribution in [0.4, 0.5) is 17.1 Å². The molecule has 0 radical (unpaired) electrons. The number of benzene rings is 8. The lowest BCUT2D eigenvalue weighted by atomic mass is 9.87. The van der Waals surface area contributed by atoms with Gasteiger partial charge in [0.25, 0.3) is 0 Å². The summed E-state index contributed by atoms with van der Waals surface area (Å²) >= 11 is 0. The van der Waals surface area contributed by atoms with E-state index in [2.05, 4.69) is 199 Å². The molecule has 8 aromatic carbocycles. The number of hydrogen-bond acceptors (Lipinski definition) is 3. The van der Waals surface area contributed by atoms with Crippen molar-refractivity contribution in [3.8, 4) is 39.1 Å². The fourth-order valence-corrected chi connectivity index (χ4v) is 8.59. The average Bonchev–Trinajstić information content (AvgIpc) is 3.86. The number of anilines is 3. The summed E-state index contributed by atoms with van der Waals surface area (Å²) in [5.74, 6) is 1.19. The molecule has 9 aromatic rings. The SMILES string of the molecule is C1=CC2Oc3ccccc3C2C=C1c1ccc(N(c2ccc(-c3cccc4c3oc3ccccc34)cc2)c2cc(-c3ccccc3)cc(-c3ccccc3)c2)cc1. The van der Waals surface area contributed by atoms with Crippen molar-refractivity contribution in [2.75, 3.05) is 4.90 Å². The number of ether oxygens (including phenoxy) is 1. The molecule has 2 heterocycles. The van der Waals surface area contributed by atoms with E-state index in [1.165, 1.54) is 27.8 Å². The van der Waals surface area contributed by atoms with Crippen LogP contribution in [0.2, 0.25) is 0 Å². The van der Waals surface area contributed by atoms with Gasteiger partial charge in [-0.3, -0.25) is 0 Å². The highest BCUT2D eigenvalue weighted by Gasteiger charge is 2.33. The fourth-order valence-electron chi connectivity index (χ4n) is 8.59. The summed E-state index contributed by atoms with van der Waals surface area (Å²) in [5.41, 5.74) is 15.5. The maximum atomic E-state index is 6.44. The molecule has 3 heteroatoms. The molecule has 3 nitrogen and oxygen atoms in total. The van der Waals surface area contributed by atoms with E-state index >= 15 is 0 Å². The summed E-state index contributed by atoms with van der Waals surface area (Å²) < 4.78 is 12.7. The van der Waals surface area contributed by atoms with Gasteiger partial charge < -0.3 is 14.1 Å². The lowest BCUT2D eigenvalue weighted by Gasteiger charge is -2.27. The number of hydrogen-bond donors (Lipinski definition) is 0. The van der Waals surface area contributed by atoms with Crippen LogP contribution in [0.15, 0.2) is 217 Å². The van der Waals surface area contributed by atoms with Crippen molar-refractivity contribution in [2.24, 2.45) is 0 Å². The van der Waals surface area contributed by atoms with Crippen molar-refractivity contribution < 1.29 is 9.15 Å². The summed E-state index contributed by atoms with van der Waals surface area (Å²) in [6, 6.07) is 69.2. The van der Waals surface area contributed by atoms with E-state index in [9.17, 15) is 0 Å². The van der Waals surface area contributed by atoms with Gasteiger partial charge in [-0.1, -0.05) is 152 Å². The van der Waals surface area contributed by atoms with Gasteiger partial charge in [-0.05, 0) is 99.6 Å². The lowest BCUT2D eigenvalue weighted by Crippen LogP contribution is -2.17. The van der Waals surface area contributed by atoms with Crippen LogP contribution < -0.4 is 9.64 Å². The number of rotatable bonds is 7. The Labute approximate surface area is 332 Å². The molecule has 0 N–H and O–H groups in total. The van der Waals surface area contributed by atoms with E-state index in [-0.39, 0.29) is 12.0 Å². The van der Waals surface area contributed by atoms with Gasteiger partial charge in [-0.2, -0.15) is 0 Å². The lowest BCUT2D eigenvalue weighted by molar-refractivity contribution is 0.269. The van der Waals surface area contributed by atoms with E-state index in [0.717, 1.165) is 67.0 Å². The highest BCUT2D eigenvalue weighted by molar-refractivity contribution is 6.09. The van der Waals surface area contributed by atoms with Crippen molar-refractivity contribution in [1.29, 1.82) is 0 Å². The quantitative estimate of drug-likeness (QED) is 0.163. The Morgan fingerprint density at radius 1 is 0.439 bits per heavy atom. The molecule has 0 fully saturated rings. The van der Waals surface area contributed by atoms with Gasteiger partial charge in [0, 0.05) is 44.9 Å². The van der Waals surface area contributed by atoms with Gasteiger partial charge in [0.1, 0.15) is 23.0 Å². The summed E-state index contributed by atoms with van der Waals surface area (Å²) in [6.07, 6.45) is 6.81. The Morgan fingerprint density at radius 2 is 1.05 bits per heavy atom. The first-order valence-electron chi connectivity index (χ1n) is 19.6. The minimum Gasteiger partial charge on any atom is -0.485 e. The highest BCUT2D eigenvalue weighted by Crippen LogP contribution is 2.45. The molecular weight excluding hydrogens is 695 g/mol. The topological polar surface area (TPSA) is 25.6 Å². The summed E-state index contributed by atoms with van der Waals surface area (Å²) in [6.45, 7) is 0. The zero-order valence-corrected chi connectivity index (χ0v) is 31.1. The molecule has 1 aromatic heterocycles. The molecule has 2 atom stereocenters.